The van der Waals surface area contributed by atoms with E-state index in [0.717, 1.165) is 40.0 Å². The van der Waals surface area contributed by atoms with E-state index in [4.69, 9.17) is 9.47 Å². The molecule has 5 rings (SSSR count). The monoisotopic (exact) mass is 576 g/mol. The van der Waals surface area contributed by atoms with Crippen LogP contribution in [0.1, 0.15) is 72.3 Å². The fraction of sp³-hybridized carbons (Fsp3) is 0.406. The van der Waals surface area contributed by atoms with Gasteiger partial charge < -0.3 is 19.5 Å². The summed E-state index contributed by atoms with van der Waals surface area (Å²) in [6.45, 7) is 6.74. The first-order valence-corrected chi connectivity index (χ1v) is 14.9. The molecule has 1 aromatic heterocycles. The normalized spacial score (nSPS) is 16.9. The molecule has 1 atom stereocenters. The van der Waals surface area contributed by atoms with Gasteiger partial charge in [0.15, 0.2) is 0 Å². The number of likely N-dealkylation sites (tertiary alicyclic amines) is 1. The molecule has 1 aliphatic carbocycles. The smallest absolute Gasteiger partial charge is 0.410 e. The lowest BCUT2D eigenvalue weighted by Gasteiger charge is -2.34. The number of fused-ring (bicyclic) bond motifs is 3. The zero-order valence-electron chi connectivity index (χ0n) is 23.7. The average Bonchev–Trinajstić information content (AvgIpc) is 3.44. The van der Waals surface area contributed by atoms with Crippen molar-refractivity contribution >= 4 is 29.5 Å². The number of ether oxygens (including phenoxy) is 2. The number of carbonyl (C=O) groups is 3. The largest absolute Gasteiger partial charge is 0.478 e. The van der Waals surface area contributed by atoms with Gasteiger partial charge >= 0.3 is 18.2 Å². The predicted molar refractivity (Wildman–Crippen MR) is 157 cm³/mol. The van der Waals surface area contributed by atoms with Crippen LogP contribution in [0.25, 0.3) is 11.1 Å². The topological polar surface area (TPSA) is 96.4 Å². The second-order valence-electron chi connectivity index (χ2n) is 11.6. The van der Waals surface area contributed by atoms with Crippen LogP contribution in [0.4, 0.5) is 9.59 Å². The summed E-state index contributed by atoms with van der Waals surface area (Å²) in [5.41, 5.74) is 4.12. The highest BCUT2D eigenvalue weighted by Crippen LogP contribution is 2.44. The molecule has 1 unspecified atom stereocenters. The Balaban J connectivity index is 1.38. The Kier molecular flexibility index (Phi) is 8.35. The van der Waals surface area contributed by atoms with Crippen LogP contribution in [-0.2, 0) is 16.0 Å². The number of thiophene rings is 1. The lowest BCUT2D eigenvalue weighted by atomic mass is 9.98. The third kappa shape index (κ3) is 6.56. The summed E-state index contributed by atoms with van der Waals surface area (Å²) in [7, 11) is 0. The molecular weight excluding hydrogens is 540 g/mol. The highest BCUT2D eigenvalue weighted by molar-refractivity contribution is 7.10. The molecular formula is C32H36N2O6S. The van der Waals surface area contributed by atoms with Crippen molar-refractivity contribution in [2.45, 2.75) is 64.1 Å². The van der Waals surface area contributed by atoms with Gasteiger partial charge in [0, 0.05) is 29.3 Å². The van der Waals surface area contributed by atoms with Crippen LogP contribution in [0.2, 0.25) is 0 Å². The molecule has 1 aliphatic heterocycles. The van der Waals surface area contributed by atoms with Crippen molar-refractivity contribution in [3.63, 3.8) is 0 Å². The van der Waals surface area contributed by atoms with Crippen LogP contribution >= 0.6 is 11.3 Å². The van der Waals surface area contributed by atoms with E-state index in [2.05, 4.69) is 24.3 Å². The van der Waals surface area contributed by atoms with E-state index in [-0.39, 0.29) is 30.7 Å². The fourth-order valence-electron chi connectivity index (χ4n) is 5.63. The maximum atomic E-state index is 13.8. The lowest BCUT2D eigenvalue weighted by molar-refractivity contribution is 0.0188. The van der Waals surface area contributed by atoms with E-state index in [1.165, 1.54) is 11.3 Å². The zero-order chi connectivity index (χ0) is 29.1. The number of nitrogens with zero attached hydrogens (tertiary/aromatic N) is 2. The summed E-state index contributed by atoms with van der Waals surface area (Å²) in [4.78, 5) is 42.4. The standard InChI is InChI=1S/C32H36N2O6S/c1-32(2,3)40-30(37)33-15-9-8-10-22(17-33)34(18-23-16-21(20-41-23)29(35)36)31(38)39-19-28-26-13-6-4-11-24(26)25-12-5-7-14-27(25)28/h4-7,11-14,16,20,22,28H,8-10,15,17-19H2,1-3H3,(H,35,36). The summed E-state index contributed by atoms with van der Waals surface area (Å²) in [5.74, 6) is -1.09. The molecule has 0 spiro atoms. The maximum absolute atomic E-state index is 13.8. The summed E-state index contributed by atoms with van der Waals surface area (Å²) in [6, 6.07) is 17.7. The molecule has 2 aromatic carbocycles. The van der Waals surface area contributed by atoms with E-state index >= 15 is 0 Å². The predicted octanol–water partition coefficient (Wildman–Crippen LogP) is 6.99. The van der Waals surface area contributed by atoms with Gasteiger partial charge in [0.05, 0.1) is 18.2 Å². The van der Waals surface area contributed by atoms with Crippen LogP contribution < -0.4 is 0 Å². The Morgan fingerprint density at radius 1 is 1.02 bits per heavy atom. The molecule has 1 N–H and O–H groups in total. The average molecular weight is 577 g/mol. The third-order valence-corrected chi connectivity index (χ3v) is 8.46. The second-order valence-corrected chi connectivity index (χ2v) is 12.6. The Labute approximate surface area is 244 Å². The van der Waals surface area contributed by atoms with Gasteiger partial charge in [-0.15, -0.1) is 11.3 Å². The quantitative estimate of drug-likeness (QED) is 0.340. The fourth-order valence-corrected chi connectivity index (χ4v) is 6.49. The van der Waals surface area contributed by atoms with Crippen molar-refractivity contribution in [2.24, 2.45) is 0 Å². The summed E-state index contributed by atoms with van der Waals surface area (Å²) in [5, 5.41) is 11.0. The number of hydrogen-bond donors (Lipinski definition) is 1. The molecule has 3 aromatic rings. The summed E-state index contributed by atoms with van der Waals surface area (Å²) < 4.78 is 11.7. The van der Waals surface area contributed by atoms with Gasteiger partial charge in [-0.2, -0.15) is 0 Å². The number of benzene rings is 2. The van der Waals surface area contributed by atoms with E-state index in [0.29, 0.717) is 19.5 Å². The van der Waals surface area contributed by atoms with Crippen molar-refractivity contribution in [3.8, 4) is 11.1 Å². The van der Waals surface area contributed by atoms with Crippen LogP contribution in [0, 0.1) is 0 Å². The number of amides is 2. The van der Waals surface area contributed by atoms with Crippen LogP contribution in [0.5, 0.6) is 0 Å². The molecule has 9 heteroatoms. The van der Waals surface area contributed by atoms with Crippen LogP contribution in [-0.4, -0.2) is 64.4 Å². The minimum absolute atomic E-state index is 0.0825. The Hall–Kier alpha value is -3.85. The van der Waals surface area contributed by atoms with E-state index in [1.807, 2.05) is 45.0 Å². The molecule has 8 nitrogen and oxygen atoms in total. The Morgan fingerprint density at radius 2 is 1.68 bits per heavy atom. The van der Waals surface area contributed by atoms with Gasteiger partial charge in [-0.25, -0.2) is 14.4 Å². The minimum atomic E-state index is -1.01. The van der Waals surface area contributed by atoms with Gasteiger partial charge in [0.1, 0.15) is 12.2 Å². The maximum Gasteiger partial charge on any atom is 0.410 e. The third-order valence-electron chi connectivity index (χ3n) is 7.54. The SMILES string of the molecule is CC(C)(C)OC(=O)N1CCCCC(N(Cc2cc(C(=O)O)cs2)C(=O)OCC2c3ccccc3-c3ccccc32)C1. The van der Waals surface area contributed by atoms with Crippen molar-refractivity contribution in [1.82, 2.24) is 9.80 Å². The zero-order valence-corrected chi connectivity index (χ0v) is 24.5. The summed E-state index contributed by atoms with van der Waals surface area (Å²) in [6.07, 6.45) is 1.45. The van der Waals surface area contributed by atoms with Gasteiger partial charge in [-0.3, -0.25) is 4.90 Å². The lowest BCUT2D eigenvalue weighted by Crippen LogP contribution is -2.48. The van der Waals surface area contributed by atoms with Crippen molar-refractivity contribution in [3.05, 3.63) is 81.5 Å². The molecule has 0 bridgehead atoms. The number of aromatic carboxylic acids is 1. The number of carbonyl (C=O) groups excluding carboxylic acids is 2. The number of carboxylic acid groups (broad SMARTS) is 1. The molecule has 2 amide bonds. The van der Waals surface area contributed by atoms with E-state index in [9.17, 15) is 19.5 Å². The van der Waals surface area contributed by atoms with Crippen LogP contribution in [0.15, 0.2) is 60.0 Å². The van der Waals surface area contributed by atoms with Crippen LogP contribution in [0.3, 0.4) is 0 Å². The highest BCUT2D eigenvalue weighted by Gasteiger charge is 2.34. The van der Waals surface area contributed by atoms with Gasteiger partial charge in [-0.05, 0) is 68.4 Å². The highest BCUT2D eigenvalue weighted by atomic mass is 32.1. The van der Waals surface area contributed by atoms with Crippen molar-refractivity contribution in [2.75, 3.05) is 19.7 Å². The number of rotatable bonds is 6. The first kappa shape index (κ1) is 28.7. The van der Waals surface area contributed by atoms with E-state index in [1.54, 1.807) is 21.2 Å². The molecule has 1 saturated heterocycles. The molecule has 2 heterocycles. The van der Waals surface area contributed by atoms with Crippen molar-refractivity contribution < 1.29 is 29.0 Å². The summed E-state index contributed by atoms with van der Waals surface area (Å²) >= 11 is 1.30. The first-order valence-electron chi connectivity index (χ1n) is 14.0. The van der Waals surface area contributed by atoms with Gasteiger partial charge in [0.2, 0.25) is 0 Å². The minimum Gasteiger partial charge on any atom is -0.478 e. The molecule has 41 heavy (non-hydrogen) atoms. The van der Waals surface area contributed by atoms with Crippen molar-refractivity contribution in [1.29, 1.82) is 0 Å². The van der Waals surface area contributed by atoms with Gasteiger partial charge in [-0.1, -0.05) is 48.5 Å². The number of hydrogen-bond acceptors (Lipinski definition) is 6. The number of carboxylic acids is 1. The van der Waals surface area contributed by atoms with E-state index < -0.39 is 23.8 Å². The molecule has 1 fully saturated rings. The molecule has 0 saturated carbocycles. The van der Waals surface area contributed by atoms with Gasteiger partial charge in [0.25, 0.3) is 0 Å². The molecule has 2 aliphatic rings. The second kappa shape index (κ2) is 11.9. The first-order chi connectivity index (χ1) is 19.6. The Bertz CT molecular complexity index is 1380. The molecule has 0 radical (unpaired) electrons. The molecule has 216 valence electrons. The Morgan fingerprint density at radius 3 is 2.29 bits per heavy atom.